The average Bonchev–Trinajstić information content (AvgIpc) is 2.97. The first-order valence-corrected chi connectivity index (χ1v) is 8.26. The zero-order valence-electron chi connectivity index (χ0n) is 13.0. The molecule has 0 spiro atoms. The maximum absolute atomic E-state index is 10.8. The molecule has 120 valence electrons. The normalized spacial score (nSPS) is 15.8. The van der Waals surface area contributed by atoms with Gasteiger partial charge in [0.15, 0.2) is 0 Å². The first-order chi connectivity index (χ1) is 11.2. The van der Waals surface area contributed by atoms with Gasteiger partial charge in [0.1, 0.15) is 23.9 Å². The first-order valence-electron chi connectivity index (χ1n) is 7.88. The molecule has 0 aromatic heterocycles. The highest BCUT2D eigenvalue weighted by Gasteiger charge is 2.26. The van der Waals surface area contributed by atoms with Crippen molar-refractivity contribution in [3.05, 3.63) is 58.1 Å². The van der Waals surface area contributed by atoms with Crippen LogP contribution in [0.5, 0.6) is 11.5 Å². The second kappa shape index (κ2) is 7.05. The fourth-order valence-electron chi connectivity index (χ4n) is 2.70. The van der Waals surface area contributed by atoms with Crippen molar-refractivity contribution in [1.29, 1.82) is 0 Å². The molecule has 0 aliphatic carbocycles. The largest absolute Gasteiger partial charge is 0.494 e. The predicted molar refractivity (Wildman–Crippen MR) is 90.8 cm³/mol. The van der Waals surface area contributed by atoms with E-state index in [0.29, 0.717) is 10.6 Å². The van der Waals surface area contributed by atoms with Crippen LogP contribution in [0.15, 0.2) is 36.4 Å². The molecule has 2 aromatic rings. The minimum Gasteiger partial charge on any atom is -0.494 e. The Morgan fingerprint density at radius 1 is 1.30 bits per heavy atom. The molecular formula is C19H19ClO3. The Kier molecular flexibility index (Phi) is 4.87. The zero-order chi connectivity index (χ0) is 16.2. The van der Waals surface area contributed by atoms with Crippen LogP contribution in [0.25, 0.3) is 0 Å². The Morgan fingerprint density at radius 2 is 2.17 bits per heavy atom. The lowest BCUT2D eigenvalue weighted by molar-refractivity contribution is 0.112. The van der Waals surface area contributed by atoms with Crippen molar-refractivity contribution >= 4 is 17.9 Å². The summed E-state index contributed by atoms with van der Waals surface area (Å²) in [5, 5.41) is 0.562. The Hall–Kier alpha value is -2.00. The molecule has 1 heterocycles. The molecule has 0 amide bonds. The van der Waals surface area contributed by atoms with Crippen LogP contribution in [0.4, 0.5) is 0 Å². The van der Waals surface area contributed by atoms with Gasteiger partial charge in [-0.1, -0.05) is 37.1 Å². The van der Waals surface area contributed by atoms with E-state index < -0.39 is 0 Å². The molecule has 0 saturated heterocycles. The topological polar surface area (TPSA) is 35.5 Å². The predicted octanol–water partition coefficient (Wildman–Crippen LogP) is 5.01. The van der Waals surface area contributed by atoms with Crippen molar-refractivity contribution in [3.63, 3.8) is 0 Å². The number of carbonyl (C=O) groups excluding carboxylic acids is 1. The van der Waals surface area contributed by atoms with Crippen LogP contribution in [0.1, 0.15) is 47.4 Å². The van der Waals surface area contributed by atoms with Crippen molar-refractivity contribution in [2.75, 3.05) is 6.61 Å². The van der Waals surface area contributed by atoms with E-state index in [2.05, 4.69) is 6.92 Å². The number of hydrogen-bond donors (Lipinski definition) is 0. The number of benzene rings is 2. The van der Waals surface area contributed by atoms with E-state index in [1.54, 1.807) is 12.1 Å². The molecule has 23 heavy (non-hydrogen) atoms. The maximum atomic E-state index is 10.8. The van der Waals surface area contributed by atoms with E-state index in [4.69, 9.17) is 21.1 Å². The summed E-state index contributed by atoms with van der Waals surface area (Å²) in [6, 6.07) is 11.2. The molecule has 2 aromatic carbocycles. The number of rotatable bonds is 6. The van der Waals surface area contributed by atoms with E-state index in [0.717, 1.165) is 54.8 Å². The van der Waals surface area contributed by atoms with Crippen LogP contribution in [0.2, 0.25) is 5.02 Å². The lowest BCUT2D eigenvalue weighted by Gasteiger charge is -2.13. The van der Waals surface area contributed by atoms with Crippen molar-refractivity contribution in [1.82, 2.24) is 0 Å². The van der Waals surface area contributed by atoms with Gasteiger partial charge in [0.05, 0.1) is 6.61 Å². The van der Waals surface area contributed by atoms with Crippen LogP contribution >= 0.6 is 11.6 Å². The number of unbranched alkanes of at least 4 members (excludes halogenated alkanes) is 1. The molecule has 3 rings (SSSR count). The summed E-state index contributed by atoms with van der Waals surface area (Å²) >= 11 is 6.28. The third kappa shape index (κ3) is 3.50. The third-order valence-electron chi connectivity index (χ3n) is 3.98. The summed E-state index contributed by atoms with van der Waals surface area (Å²) < 4.78 is 11.7. The van der Waals surface area contributed by atoms with Crippen LogP contribution < -0.4 is 9.47 Å². The van der Waals surface area contributed by atoms with E-state index in [1.165, 1.54) is 0 Å². The third-order valence-corrected chi connectivity index (χ3v) is 4.31. The molecule has 0 fully saturated rings. The van der Waals surface area contributed by atoms with Gasteiger partial charge < -0.3 is 9.47 Å². The fourth-order valence-corrected chi connectivity index (χ4v) is 3.01. The molecule has 0 saturated carbocycles. The summed E-state index contributed by atoms with van der Waals surface area (Å²) in [5.74, 6) is 1.75. The Bertz CT molecular complexity index is 712. The van der Waals surface area contributed by atoms with Gasteiger partial charge in [-0.15, -0.1) is 0 Å². The van der Waals surface area contributed by atoms with Crippen LogP contribution in [0, 0.1) is 0 Å². The standard InChI is InChI=1S/C19H19ClO3/c1-2-3-8-22-15-5-7-18-14(10-15)11-19(23-18)16-6-4-13(12-21)9-17(16)20/h4-7,9-10,12,19H,2-3,8,11H2,1H3. The zero-order valence-corrected chi connectivity index (χ0v) is 13.8. The van der Waals surface area contributed by atoms with Gasteiger partial charge in [0.2, 0.25) is 0 Å². The number of carbonyl (C=O) groups is 1. The summed E-state index contributed by atoms with van der Waals surface area (Å²) in [5.41, 5.74) is 2.60. The SMILES string of the molecule is CCCCOc1ccc2c(c1)CC(c1ccc(C=O)cc1Cl)O2. The van der Waals surface area contributed by atoms with Gasteiger partial charge in [-0.2, -0.15) is 0 Å². The Labute approximate surface area is 141 Å². The van der Waals surface area contributed by atoms with Crippen molar-refractivity contribution in [3.8, 4) is 11.5 Å². The van der Waals surface area contributed by atoms with Crippen LogP contribution in [0.3, 0.4) is 0 Å². The number of hydrogen-bond acceptors (Lipinski definition) is 3. The van der Waals surface area contributed by atoms with Crippen molar-refractivity contribution in [2.45, 2.75) is 32.3 Å². The van der Waals surface area contributed by atoms with E-state index >= 15 is 0 Å². The highest BCUT2D eigenvalue weighted by molar-refractivity contribution is 6.31. The minimum atomic E-state index is -0.121. The molecule has 1 aliphatic rings. The van der Waals surface area contributed by atoms with Gasteiger partial charge in [0.25, 0.3) is 0 Å². The number of fused-ring (bicyclic) bond motifs is 1. The molecular weight excluding hydrogens is 312 g/mol. The van der Waals surface area contributed by atoms with Crippen molar-refractivity contribution < 1.29 is 14.3 Å². The molecule has 3 nitrogen and oxygen atoms in total. The summed E-state index contributed by atoms with van der Waals surface area (Å²) in [6.45, 7) is 2.88. The second-order valence-corrected chi connectivity index (χ2v) is 6.09. The van der Waals surface area contributed by atoms with E-state index in [1.807, 2.05) is 24.3 Å². The quantitative estimate of drug-likeness (QED) is 0.552. The van der Waals surface area contributed by atoms with E-state index in [-0.39, 0.29) is 6.10 Å². The first kappa shape index (κ1) is 15.9. The van der Waals surface area contributed by atoms with Gasteiger partial charge in [-0.05, 0) is 30.7 Å². The number of aldehydes is 1. The molecule has 0 N–H and O–H groups in total. The van der Waals surface area contributed by atoms with Gasteiger partial charge in [-0.25, -0.2) is 0 Å². The van der Waals surface area contributed by atoms with Gasteiger partial charge >= 0.3 is 0 Å². The average molecular weight is 331 g/mol. The summed E-state index contributed by atoms with van der Waals surface area (Å²) in [7, 11) is 0. The lowest BCUT2D eigenvalue weighted by atomic mass is 10.0. The second-order valence-electron chi connectivity index (χ2n) is 5.68. The molecule has 4 heteroatoms. The minimum absolute atomic E-state index is 0.121. The summed E-state index contributed by atoms with van der Waals surface area (Å²) in [6.07, 6.45) is 3.59. The van der Waals surface area contributed by atoms with Crippen LogP contribution in [-0.2, 0) is 6.42 Å². The molecule has 1 unspecified atom stereocenters. The molecule has 0 radical (unpaired) electrons. The monoisotopic (exact) mass is 330 g/mol. The lowest BCUT2D eigenvalue weighted by Crippen LogP contribution is -2.04. The van der Waals surface area contributed by atoms with Gasteiger partial charge in [0, 0.05) is 28.1 Å². The Morgan fingerprint density at radius 3 is 2.91 bits per heavy atom. The highest BCUT2D eigenvalue weighted by atomic mass is 35.5. The van der Waals surface area contributed by atoms with E-state index in [9.17, 15) is 4.79 Å². The van der Waals surface area contributed by atoms with Crippen molar-refractivity contribution in [2.24, 2.45) is 0 Å². The molecule has 1 atom stereocenters. The smallest absolute Gasteiger partial charge is 0.150 e. The molecule has 1 aliphatic heterocycles. The maximum Gasteiger partial charge on any atom is 0.150 e. The summed E-state index contributed by atoms with van der Waals surface area (Å²) in [4.78, 5) is 10.8. The van der Waals surface area contributed by atoms with Gasteiger partial charge in [-0.3, -0.25) is 4.79 Å². The highest BCUT2D eigenvalue weighted by Crippen LogP contribution is 2.40. The number of halogens is 1. The number of ether oxygens (including phenoxy) is 2. The fraction of sp³-hybridized carbons (Fsp3) is 0.316. The van der Waals surface area contributed by atoms with Crippen LogP contribution in [-0.4, -0.2) is 12.9 Å². The molecule has 0 bridgehead atoms. The Balaban J connectivity index is 1.75.